The zero-order valence-corrected chi connectivity index (χ0v) is 19.5. The molecule has 3 aromatic carbocycles. The van der Waals surface area contributed by atoms with Crippen LogP contribution in [0.2, 0.25) is 0 Å². The van der Waals surface area contributed by atoms with Gasteiger partial charge in [-0.2, -0.15) is 5.10 Å². The van der Waals surface area contributed by atoms with E-state index in [1.54, 1.807) is 33.8 Å². The highest BCUT2D eigenvalue weighted by Gasteiger charge is 2.20. The van der Waals surface area contributed by atoms with Crippen molar-refractivity contribution < 1.29 is 19.1 Å². The van der Waals surface area contributed by atoms with Crippen LogP contribution in [0.5, 0.6) is 0 Å². The summed E-state index contributed by atoms with van der Waals surface area (Å²) >= 11 is 0. The van der Waals surface area contributed by atoms with Gasteiger partial charge in [-0.15, -0.1) is 0 Å². The molecular formula is C27H25N5O4. The smallest absolute Gasteiger partial charge is 0.276 e. The molecular weight excluding hydrogens is 458 g/mol. The normalized spacial score (nSPS) is 13.5. The van der Waals surface area contributed by atoms with E-state index in [4.69, 9.17) is 10.5 Å². The van der Waals surface area contributed by atoms with Crippen molar-refractivity contribution in [3.8, 4) is 0 Å². The van der Waals surface area contributed by atoms with Crippen LogP contribution in [-0.2, 0) is 11.3 Å². The van der Waals surface area contributed by atoms with Gasteiger partial charge in [0.05, 0.1) is 25.3 Å². The van der Waals surface area contributed by atoms with Gasteiger partial charge in [0, 0.05) is 35.3 Å². The zero-order chi connectivity index (χ0) is 25.1. The van der Waals surface area contributed by atoms with Crippen molar-refractivity contribution in [1.82, 2.24) is 14.7 Å². The molecule has 2 heterocycles. The number of anilines is 1. The highest BCUT2D eigenvalue weighted by Crippen LogP contribution is 2.21. The number of fused-ring (bicyclic) bond motifs is 1. The Morgan fingerprint density at radius 2 is 1.56 bits per heavy atom. The molecule has 182 valence electrons. The van der Waals surface area contributed by atoms with Gasteiger partial charge < -0.3 is 20.7 Å². The van der Waals surface area contributed by atoms with Gasteiger partial charge in [0.2, 0.25) is 5.91 Å². The Balaban J connectivity index is 1.35. The van der Waals surface area contributed by atoms with E-state index in [-0.39, 0.29) is 11.8 Å². The number of nitrogens with one attached hydrogen (secondary N) is 1. The summed E-state index contributed by atoms with van der Waals surface area (Å²) in [7, 11) is 0. The van der Waals surface area contributed by atoms with Crippen LogP contribution in [0.1, 0.15) is 36.8 Å². The molecule has 1 aliphatic heterocycles. The predicted octanol–water partition coefficient (Wildman–Crippen LogP) is 2.91. The molecule has 1 aliphatic rings. The Bertz CT molecular complexity index is 1420. The lowest BCUT2D eigenvalue weighted by atomic mass is 10.1. The summed E-state index contributed by atoms with van der Waals surface area (Å²) in [5.74, 6) is -0.892. The number of rotatable bonds is 6. The van der Waals surface area contributed by atoms with E-state index in [1.807, 2.05) is 48.5 Å². The number of ether oxygens (including phenoxy) is 1. The third-order valence-corrected chi connectivity index (χ3v) is 6.13. The van der Waals surface area contributed by atoms with Crippen molar-refractivity contribution in [3.63, 3.8) is 0 Å². The Labute approximate surface area is 207 Å². The largest absolute Gasteiger partial charge is 0.378 e. The van der Waals surface area contributed by atoms with Crippen LogP contribution in [0, 0.1) is 0 Å². The molecule has 9 heteroatoms. The van der Waals surface area contributed by atoms with Crippen LogP contribution in [-0.4, -0.2) is 58.7 Å². The summed E-state index contributed by atoms with van der Waals surface area (Å²) in [6, 6.07) is 21.3. The fourth-order valence-corrected chi connectivity index (χ4v) is 4.20. The Hall–Kier alpha value is -4.50. The Kier molecular flexibility index (Phi) is 6.46. The summed E-state index contributed by atoms with van der Waals surface area (Å²) in [4.78, 5) is 38.8. The van der Waals surface area contributed by atoms with Crippen LogP contribution in [0.25, 0.3) is 10.9 Å². The highest BCUT2D eigenvalue weighted by atomic mass is 16.5. The number of aromatic nitrogens is 2. The maximum absolute atomic E-state index is 13.1. The van der Waals surface area contributed by atoms with Gasteiger partial charge in [-0.3, -0.25) is 19.1 Å². The van der Waals surface area contributed by atoms with E-state index >= 15 is 0 Å². The summed E-state index contributed by atoms with van der Waals surface area (Å²) in [5, 5.41) is 8.15. The molecule has 36 heavy (non-hydrogen) atoms. The predicted molar refractivity (Wildman–Crippen MR) is 135 cm³/mol. The van der Waals surface area contributed by atoms with Gasteiger partial charge in [-0.1, -0.05) is 30.3 Å². The fourth-order valence-electron chi connectivity index (χ4n) is 4.20. The minimum Gasteiger partial charge on any atom is -0.378 e. The first kappa shape index (κ1) is 23.3. The van der Waals surface area contributed by atoms with Gasteiger partial charge in [0.25, 0.3) is 11.8 Å². The van der Waals surface area contributed by atoms with E-state index in [1.165, 1.54) is 0 Å². The average Bonchev–Trinajstić information content (AvgIpc) is 3.28. The van der Waals surface area contributed by atoms with E-state index in [0.717, 1.165) is 16.5 Å². The van der Waals surface area contributed by atoms with Crippen LogP contribution in [0.15, 0.2) is 72.8 Å². The van der Waals surface area contributed by atoms with Gasteiger partial charge >= 0.3 is 0 Å². The van der Waals surface area contributed by atoms with E-state index in [9.17, 15) is 14.4 Å². The lowest BCUT2D eigenvalue weighted by molar-refractivity contribution is 0.0303. The summed E-state index contributed by atoms with van der Waals surface area (Å²) in [6.45, 7) is 2.75. The lowest BCUT2D eigenvalue weighted by Gasteiger charge is -2.26. The number of para-hydroxylation sites is 1. The Morgan fingerprint density at radius 1 is 0.889 bits per heavy atom. The van der Waals surface area contributed by atoms with Crippen LogP contribution in [0.4, 0.5) is 5.69 Å². The number of carbonyl (C=O) groups is 3. The van der Waals surface area contributed by atoms with Crippen molar-refractivity contribution in [1.29, 1.82) is 0 Å². The van der Waals surface area contributed by atoms with Crippen LogP contribution >= 0.6 is 0 Å². The molecule has 0 aliphatic carbocycles. The van der Waals surface area contributed by atoms with Crippen molar-refractivity contribution in [2.75, 3.05) is 31.6 Å². The van der Waals surface area contributed by atoms with Gasteiger partial charge in [-0.25, -0.2) is 0 Å². The van der Waals surface area contributed by atoms with E-state index < -0.39 is 5.91 Å². The number of nitrogens with two attached hydrogens (primary N) is 1. The number of amides is 3. The summed E-state index contributed by atoms with van der Waals surface area (Å²) in [6.07, 6.45) is 0. The van der Waals surface area contributed by atoms with Crippen molar-refractivity contribution >= 4 is 34.3 Å². The minimum absolute atomic E-state index is 0.00259. The first-order valence-corrected chi connectivity index (χ1v) is 11.6. The molecule has 0 spiro atoms. The van der Waals surface area contributed by atoms with E-state index in [2.05, 4.69) is 10.4 Å². The molecule has 0 radical (unpaired) electrons. The first-order valence-electron chi connectivity index (χ1n) is 11.6. The van der Waals surface area contributed by atoms with Gasteiger partial charge in [-0.05, 0) is 48.0 Å². The van der Waals surface area contributed by atoms with E-state index in [0.29, 0.717) is 55.4 Å². The standard InChI is InChI=1S/C27H25N5O4/c28-25(33)19-9-11-21(12-10-19)29-26(34)24-22-3-1-2-4-23(22)32(30-24)17-18-5-7-20(8-6-18)27(35)31-13-15-36-16-14-31/h1-12H,13-17H2,(H2,28,33)(H,29,34). The molecule has 1 aromatic heterocycles. The average molecular weight is 484 g/mol. The molecule has 0 unspecified atom stereocenters. The maximum atomic E-state index is 13.1. The SMILES string of the molecule is NC(=O)c1ccc(NC(=O)c2nn(Cc3ccc(C(=O)N4CCOCC4)cc3)c3ccccc23)cc1. The maximum Gasteiger partial charge on any atom is 0.276 e. The third kappa shape index (κ3) is 4.82. The van der Waals surface area contributed by atoms with Crippen molar-refractivity contribution in [3.05, 3.63) is 95.2 Å². The second-order valence-electron chi connectivity index (χ2n) is 8.52. The molecule has 1 fully saturated rings. The number of morpholine rings is 1. The number of carbonyl (C=O) groups excluding carboxylic acids is 3. The molecule has 1 saturated heterocycles. The van der Waals surface area contributed by atoms with Crippen LogP contribution < -0.4 is 11.1 Å². The number of hydrogen-bond acceptors (Lipinski definition) is 5. The second-order valence-corrected chi connectivity index (χ2v) is 8.52. The lowest BCUT2D eigenvalue weighted by Crippen LogP contribution is -2.40. The summed E-state index contributed by atoms with van der Waals surface area (Å²) < 4.78 is 7.10. The summed E-state index contributed by atoms with van der Waals surface area (Å²) in [5.41, 5.74) is 8.87. The molecule has 0 atom stereocenters. The number of benzene rings is 3. The number of nitrogens with zero attached hydrogens (tertiary/aromatic N) is 3. The van der Waals surface area contributed by atoms with Crippen molar-refractivity contribution in [2.24, 2.45) is 5.73 Å². The first-order chi connectivity index (χ1) is 17.5. The molecule has 5 rings (SSSR count). The minimum atomic E-state index is -0.531. The second kappa shape index (κ2) is 10.0. The monoisotopic (exact) mass is 483 g/mol. The number of primary amides is 1. The van der Waals surface area contributed by atoms with Crippen molar-refractivity contribution in [2.45, 2.75) is 6.54 Å². The highest BCUT2D eigenvalue weighted by molar-refractivity contribution is 6.11. The topological polar surface area (TPSA) is 120 Å². The molecule has 3 N–H and O–H groups in total. The Morgan fingerprint density at radius 3 is 2.25 bits per heavy atom. The van der Waals surface area contributed by atoms with Crippen LogP contribution in [0.3, 0.4) is 0 Å². The molecule has 0 saturated carbocycles. The fraction of sp³-hybridized carbons (Fsp3) is 0.185. The van der Waals surface area contributed by atoms with Gasteiger partial charge in [0.1, 0.15) is 0 Å². The molecule has 0 bridgehead atoms. The number of hydrogen-bond donors (Lipinski definition) is 2. The third-order valence-electron chi connectivity index (χ3n) is 6.13. The zero-order valence-electron chi connectivity index (χ0n) is 19.5. The van der Waals surface area contributed by atoms with Gasteiger partial charge in [0.15, 0.2) is 5.69 Å². The quantitative estimate of drug-likeness (QED) is 0.437. The molecule has 4 aromatic rings. The molecule has 3 amide bonds. The molecule has 9 nitrogen and oxygen atoms in total.